The molecule has 0 aromatic heterocycles. The molecule has 0 radical (unpaired) electrons. The smallest absolute Gasteiger partial charge is 0.143 e. The second-order valence-corrected chi connectivity index (χ2v) is 7.07. The third kappa shape index (κ3) is 3.81. The van der Waals surface area contributed by atoms with Crippen LogP contribution in [-0.4, -0.2) is 12.6 Å². The average Bonchev–Trinajstić information content (AvgIpc) is 2.17. The van der Waals surface area contributed by atoms with Crippen molar-refractivity contribution in [2.45, 2.75) is 52.5 Å². The highest BCUT2D eigenvalue weighted by Gasteiger charge is 2.21. The zero-order valence-electron chi connectivity index (χ0n) is 12.4. The molecule has 3 heteroatoms. The van der Waals surface area contributed by atoms with Gasteiger partial charge in [-0.2, -0.15) is 0 Å². The lowest BCUT2D eigenvalue weighted by Gasteiger charge is -2.27. The molecule has 0 aliphatic carbocycles. The van der Waals surface area contributed by atoms with Crippen molar-refractivity contribution in [3.63, 3.8) is 0 Å². The Labute approximate surface area is 116 Å². The fourth-order valence-corrected chi connectivity index (χ4v) is 1.93. The Balaban J connectivity index is 3.29. The number of anilines is 1. The summed E-state index contributed by atoms with van der Waals surface area (Å²) in [4.78, 5) is 0. The van der Waals surface area contributed by atoms with E-state index < -0.39 is 0 Å². The van der Waals surface area contributed by atoms with Crippen LogP contribution in [0.2, 0.25) is 5.02 Å². The van der Waals surface area contributed by atoms with Gasteiger partial charge < -0.3 is 10.1 Å². The van der Waals surface area contributed by atoms with Crippen molar-refractivity contribution in [2.24, 2.45) is 0 Å². The predicted octanol–water partition coefficient (Wildman–Crippen LogP) is 4.86. The van der Waals surface area contributed by atoms with E-state index in [-0.39, 0.29) is 11.0 Å². The van der Waals surface area contributed by atoms with Gasteiger partial charge in [0, 0.05) is 5.54 Å². The third-order valence-electron chi connectivity index (χ3n) is 2.64. The normalized spacial score (nSPS) is 12.4. The lowest BCUT2D eigenvalue weighted by molar-refractivity contribution is 0.413. The minimum absolute atomic E-state index is 0.0528. The molecule has 1 aromatic rings. The van der Waals surface area contributed by atoms with Crippen molar-refractivity contribution in [3.8, 4) is 5.75 Å². The molecule has 0 fully saturated rings. The number of ether oxygens (including phenoxy) is 1. The molecule has 2 nitrogen and oxygen atoms in total. The highest BCUT2D eigenvalue weighted by atomic mass is 35.5. The molecule has 102 valence electrons. The first kappa shape index (κ1) is 15.2. The summed E-state index contributed by atoms with van der Waals surface area (Å²) in [6.45, 7) is 12.8. The van der Waals surface area contributed by atoms with Crippen LogP contribution in [0, 0.1) is 0 Å². The Morgan fingerprint density at radius 1 is 1.06 bits per heavy atom. The number of halogens is 1. The second kappa shape index (κ2) is 5.00. The van der Waals surface area contributed by atoms with E-state index in [9.17, 15) is 0 Å². The van der Waals surface area contributed by atoms with Gasteiger partial charge in [0.25, 0.3) is 0 Å². The molecule has 1 aromatic carbocycles. The molecular weight excluding hydrogens is 246 g/mol. The molecule has 0 bridgehead atoms. The third-order valence-corrected chi connectivity index (χ3v) is 2.94. The quantitative estimate of drug-likeness (QED) is 0.828. The van der Waals surface area contributed by atoms with Gasteiger partial charge in [-0.15, -0.1) is 0 Å². The van der Waals surface area contributed by atoms with E-state index in [2.05, 4.69) is 52.9 Å². The van der Waals surface area contributed by atoms with E-state index in [1.807, 2.05) is 6.07 Å². The minimum atomic E-state index is -0.0554. The Morgan fingerprint density at radius 2 is 1.61 bits per heavy atom. The molecule has 0 unspecified atom stereocenters. The van der Waals surface area contributed by atoms with Crippen LogP contribution in [0.3, 0.4) is 0 Å². The van der Waals surface area contributed by atoms with Crippen LogP contribution in [0.1, 0.15) is 47.1 Å². The first-order chi connectivity index (χ1) is 8.04. The Kier molecular flexibility index (Phi) is 4.22. The van der Waals surface area contributed by atoms with Crippen LogP contribution in [0.5, 0.6) is 5.75 Å². The van der Waals surface area contributed by atoms with Crippen molar-refractivity contribution >= 4 is 17.3 Å². The molecular formula is C15H24ClNO. The summed E-state index contributed by atoms with van der Waals surface area (Å²) in [6, 6.07) is 4.07. The van der Waals surface area contributed by atoms with Gasteiger partial charge in [-0.25, -0.2) is 0 Å². The molecule has 0 spiro atoms. The fourth-order valence-electron chi connectivity index (χ4n) is 1.67. The Bertz CT molecular complexity index is 427. The van der Waals surface area contributed by atoms with Crippen LogP contribution >= 0.6 is 11.6 Å². The Hall–Kier alpha value is -0.890. The summed E-state index contributed by atoms with van der Waals surface area (Å²) >= 11 is 6.38. The van der Waals surface area contributed by atoms with E-state index in [0.717, 1.165) is 11.4 Å². The first-order valence-electron chi connectivity index (χ1n) is 6.21. The van der Waals surface area contributed by atoms with Crippen molar-refractivity contribution in [3.05, 3.63) is 22.7 Å². The van der Waals surface area contributed by atoms with Crippen LogP contribution in [0.4, 0.5) is 5.69 Å². The van der Waals surface area contributed by atoms with Gasteiger partial charge in [-0.1, -0.05) is 32.4 Å². The van der Waals surface area contributed by atoms with Crippen molar-refractivity contribution in [1.82, 2.24) is 0 Å². The number of methoxy groups -OCH3 is 1. The largest absolute Gasteiger partial charge is 0.495 e. The zero-order chi connectivity index (χ0) is 14.1. The van der Waals surface area contributed by atoms with Gasteiger partial charge in [0.15, 0.2) is 0 Å². The summed E-state index contributed by atoms with van der Waals surface area (Å²) in [7, 11) is 1.67. The van der Waals surface area contributed by atoms with Gasteiger partial charge in [-0.3, -0.25) is 0 Å². The number of benzene rings is 1. The molecule has 0 aliphatic rings. The Morgan fingerprint density at radius 3 is 2.00 bits per heavy atom. The molecule has 1 rings (SSSR count). The highest BCUT2D eigenvalue weighted by Crippen LogP contribution is 2.39. The maximum absolute atomic E-state index is 6.38. The summed E-state index contributed by atoms with van der Waals surface area (Å²) in [5, 5.41) is 4.09. The summed E-state index contributed by atoms with van der Waals surface area (Å²) in [5.41, 5.74) is 2.03. The van der Waals surface area contributed by atoms with Gasteiger partial charge >= 0.3 is 0 Å². The number of nitrogens with one attached hydrogen (secondary N) is 1. The lowest BCUT2D eigenvalue weighted by atomic mass is 9.86. The maximum Gasteiger partial charge on any atom is 0.143 e. The van der Waals surface area contributed by atoms with Crippen molar-refractivity contribution in [1.29, 1.82) is 0 Å². The maximum atomic E-state index is 6.38. The molecule has 0 amide bonds. The summed E-state index contributed by atoms with van der Waals surface area (Å²) < 4.78 is 5.46. The van der Waals surface area contributed by atoms with Crippen LogP contribution in [-0.2, 0) is 5.41 Å². The predicted molar refractivity (Wildman–Crippen MR) is 80.1 cm³/mol. The standard InChI is InChI=1S/C15H24ClNO/c1-14(2,3)10-8-11(16)13(12(9-10)18-7)17-15(4,5)6/h8-9,17H,1-7H3. The van der Waals surface area contributed by atoms with E-state index in [1.165, 1.54) is 5.56 Å². The van der Waals surface area contributed by atoms with E-state index in [4.69, 9.17) is 16.3 Å². The zero-order valence-corrected chi connectivity index (χ0v) is 13.2. The number of hydrogen-bond donors (Lipinski definition) is 1. The van der Waals surface area contributed by atoms with E-state index in [1.54, 1.807) is 7.11 Å². The summed E-state index contributed by atoms with van der Waals surface area (Å²) in [6.07, 6.45) is 0. The van der Waals surface area contributed by atoms with E-state index in [0.29, 0.717) is 5.02 Å². The topological polar surface area (TPSA) is 21.3 Å². The molecule has 0 saturated heterocycles. The second-order valence-electron chi connectivity index (χ2n) is 6.66. The van der Waals surface area contributed by atoms with Gasteiger partial charge in [0.1, 0.15) is 5.75 Å². The van der Waals surface area contributed by atoms with Crippen LogP contribution < -0.4 is 10.1 Å². The molecule has 0 saturated carbocycles. The first-order valence-corrected chi connectivity index (χ1v) is 6.58. The van der Waals surface area contributed by atoms with Gasteiger partial charge in [-0.05, 0) is 43.9 Å². The van der Waals surface area contributed by atoms with Crippen LogP contribution in [0.15, 0.2) is 12.1 Å². The van der Waals surface area contributed by atoms with Gasteiger partial charge in [0.2, 0.25) is 0 Å². The van der Waals surface area contributed by atoms with Gasteiger partial charge in [0.05, 0.1) is 17.8 Å². The lowest BCUT2D eigenvalue weighted by Crippen LogP contribution is -2.26. The molecule has 0 atom stereocenters. The fraction of sp³-hybridized carbons (Fsp3) is 0.600. The summed E-state index contributed by atoms with van der Waals surface area (Å²) in [5.74, 6) is 0.794. The monoisotopic (exact) mass is 269 g/mol. The molecule has 0 aliphatic heterocycles. The molecule has 18 heavy (non-hydrogen) atoms. The van der Waals surface area contributed by atoms with Crippen molar-refractivity contribution < 1.29 is 4.74 Å². The molecule has 1 N–H and O–H groups in total. The molecule has 0 heterocycles. The average molecular weight is 270 g/mol. The van der Waals surface area contributed by atoms with Crippen LogP contribution in [0.25, 0.3) is 0 Å². The van der Waals surface area contributed by atoms with Crippen molar-refractivity contribution in [2.75, 3.05) is 12.4 Å². The number of rotatable bonds is 2. The number of hydrogen-bond acceptors (Lipinski definition) is 2. The minimum Gasteiger partial charge on any atom is -0.495 e. The highest BCUT2D eigenvalue weighted by molar-refractivity contribution is 6.33. The SMILES string of the molecule is COc1cc(C(C)(C)C)cc(Cl)c1NC(C)(C)C. The van der Waals surface area contributed by atoms with E-state index >= 15 is 0 Å².